The normalized spacial score (nSPS) is 18.2. The number of allylic oxidation sites excluding steroid dienone is 3. The zero-order valence-electron chi connectivity index (χ0n) is 11.6. The van der Waals surface area contributed by atoms with Crippen LogP contribution >= 0.6 is 0 Å². The molecule has 1 rings (SSSR count). The van der Waals surface area contributed by atoms with E-state index in [4.69, 9.17) is 4.79 Å². The van der Waals surface area contributed by atoms with E-state index in [0.29, 0.717) is 5.92 Å². The lowest BCUT2D eigenvalue weighted by Crippen LogP contribution is -2.20. The molecule has 0 saturated carbocycles. The highest BCUT2D eigenvalue weighted by Crippen LogP contribution is 2.25. The van der Waals surface area contributed by atoms with Crippen LogP contribution in [-0.2, 0) is 4.79 Å². The molecule has 0 aromatic rings. The summed E-state index contributed by atoms with van der Waals surface area (Å²) in [7, 11) is 0. The van der Waals surface area contributed by atoms with Crippen molar-refractivity contribution in [2.75, 3.05) is 6.54 Å². The summed E-state index contributed by atoms with van der Waals surface area (Å²) < 4.78 is 0. The largest absolute Gasteiger partial charge is 0.349 e. The molecule has 0 bridgehead atoms. The van der Waals surface area contributed by atoms with E-state index in [1.165, 1.54) is 18.2 Å². The molecule has 96 valence electrons. The molecule has 0 fully saturated rings. The molecular weight excluding hydrogens is 210 g/mol. The van der Waals surface area contributed by atoms with Gasteiger partial charge in [-0.15, -0.1) is 0 Å². The Morgan fingerprint density at radius 1 is 1.59 bits per heavy atom. The van der Waals surface area contributed by atoms with Crippen LogP contribution in [-0.4, -0.2) is 17.7 Å². The molecule has 0 amide bonds. The number of rotatable bonds is 4. The van der Waals surface area contributed by atoms with Crippen LogP contribution in [0.25, 0.3) is 0 Å². The van der Waals surface area contributed by atoms with E-state index in [2.05, 4.69) is 44.4 Å². The summed E-state index contributed by atoms with van der Waals surface area (Å²) in [5.74, 6) is 0.687. The zero-order valence-corrected chi connectivity index (χ0v) is 11.6. The molecule has 0 saturated heterocycles. The Bertz CT molecular complexity index is 302. The topological polar surface area (TPSA) is 20.3 Å². The molecule has 1 unspecified atom stereocenters. The summed E-state index contributed by atoms with van der Waals surface area (Å²) in [5.41, 5.74) is 2.73. The SMILES string of the molecule is C=CN(CCC)C1=CCC(C)C=C1C.CC=O. The molecule has 2 nitrogen and oxygen atoms in total. The fourth-order valence-electron chi connectivity index (χ4n) is 1.93. The van der Waals surface area contributed by atoms with E-state index >= 15 is 0 Å². The van der Waals surface area contributed by atoms with E-state index in [-0.39, 0.29) is 0 Å². The van der Waals surface area contributed by atoms with Gasteiger partial charge in [0.25, 0.3) is 0 Å². The summed E-state index contributed by atoms with van der Waals surface area (Å²) >= 11 is 0. The maximum Gasteiger partial charge on any atom is 0.116 e. The lowest BCUT2D eigenvalue weighted by molar-refractivity contribution is -0.106. The van der Waals surface area contributed by atoms with Crippen molar-refractivity contribution in [3.05, 3.63) is 36.2 Å². The number of aldehydes is 1. The van der Waals surface area contributed by atoms with Gasteiger partial charge in [-0.2, -0.15) is 0 Å². The van der Waals surface area contributed by atoms with Crippen molar-refractivity contribution in [2.45, 2.75) is 40.5 Å². The van der Waals surface area contributed by atoms with Gasteiger partial charge in [0.2, 0.25) is 0 Å². The van der Waals surface area contributed by atoms with Crippen LogP contribution in [0.1, 0.15) is 40.5 Å². The number of hydrogen-bond acceptors (Lipinski definition) is 2. The highest BCUT2D eigenvalue weighted by molar-refractivity contribution is 5.44. The van der Waals surface area contributed by atoms with Gasteiger partial charge in [-0.25, -0.2) is 0 Å². The number of hydrogen-bond donors (Lipinski definition) is 0. The van der Waals surface area contributed by atoms with Crippen LogP contribution in [0.4, 0.5) is 0 Å². The highest BCUT2D eigenvalue weighted by Gasteiger charge is 2.12. The average molecular weight is 235 g/mol. The van der Waals surface area contributed by atoms with Crippen molar-refractivity contribution in [2.24, 2.45) is 5.92 Å². The smallest absolute Gasteiger partial charge is 0.116 e. The summed E-state index contributed by atoms with van der Waals surface area (Å²) in [5, 5.41) is 0. The molecule has 0 aliphatic heterocycles. The highest BCUT2D eigenvalue weighted by atomic mass is 16.1. The van der Waals surface area contributed by atoms with Crippen LogP contribution in [0.2, 0.25) is 0 Å². The van der Waals surface area contributed by atoms with Gasteiger partial charge < -0.3 is 9.69 Å². The van der Waals surface area contributed by atoms with Crippen LogP contribution in [0.3, 0.4) is 0 Å². The molecule has 1 aliphatic rings. The summed E-state index contributed by atoms with van der Waals surface area (Å²) in [6.07, 6.45) is 9.68. The quantitative estimate of drug-likeness (QED) is 0.688. The van der Waals surface area contributed by atoms with E-state index in [1.54, 1.807) is 0 Å². The fourth-order valence-corrected chi connectivity index (χ4v) is 1.93. The van der Waals surface area contributed by atoms with Crippen molar-refractivity contribution >= 4 is 6.29 Å². The Balaban J connectivity index is 0.000000770. The second-order valence-electron chi connectivity index (χ2n) is 4.26. The molecule has 1 atom stereocenters. The molecule has 2 heteroatoms. The zero-order chi connectivity index (χ0) is 13.3. The second-order valence-corrected chi connectivity index (χ2v) is 4.26. The van der Waals surface area contributed by atoms with Gasteiger partial charge >= 0.3 is 0 Å². The first-order valence-electron chi connectivity index (χ1n) is 6.28. The van der Waals surface area contributed by atoms with Crippen molar-refractivity contribution in [1.29, 1.82) is 0 Å². The number of carbonyl (C=O) groups excluding carboxylic acids is 1. The standard InChI is InChI=1S/C13H21N.C2H4O/c1-5-9-14(6-2)13-8-7-11(3)10-12(13)4;1-2-3/h6,8,10-11H,2,5,7,9H2,1,3-4H3;2H,1H3. The van der Waals surface area contributed by atoms with Crippen LogP contribution in [0.5, 0.6) is 0 Å². The van der Waals surface area contributed by atoms with Gasteiger partial charge in [0.15, 0.2) is 0 Å². The molecule has 1 aliphatic carbocycles. The molecule has 0 N–H and O–H groups in total. The van der Waals surface area contributed by atoms with Gasteiger partial charge in [-0.3, -0.25) is 0 Å². The summed E-state index contributed by atoms with van der Waals surface area (Å²) in [6.45, 7) is 13.0. The Morgan fingerprint density at radius 3 is 2.59 bits per heavy atom. The number of nitrogens with zero attached hydrogens (tertiary/aromatic N) is 1. The van der Waals surface area contributed by atoms with Crippen molar-refractivity contribution in [1.82, 2.24) is 4.90 Å². The first-order chi connectivity index (χ1) is 8.10. The average Bonchev–Trinajstić information content (AvgIpc) is 2.28. The Labute approximate surface area is 106 Å². The minimum absolute atomic E-state index is 0.687. The summed E-state index contributed by atoms with van der Waals surface area (Å²) in [4.78, 5) is 11.1. The Kier molecular flexibility index (Phi) is 8.12. The Hall–Kier alpha value is -1.31. The van der Waals surface area contributed by atoms with Crippen molar-refractivity contribution < 1.29 is 4.79 Å². The van der Waals surface area contributed by atoms with Gasteiger partial charge in [0.05, 0.1) is 0 Å². The lowest BCUT2D eigenvalue weighted by Gasteiger charge is -2.27. The molecule has 0 heterocycles. The van der Waals surface area contributed by atoms with Gasteiger partial charge in [-0.05, 0) is 44.4 Å². The lowest BCUT2D eigenvalue weighted by atomic mass is 9.95. The Morgan fingerprint density at radius 2 is 2.18 bits per heavy atom. The first kappa shape index (κ1) is 15.7. The van der Waals surface area contributed by atoms with Crippen LogP contribution in [0, 0.1) is 5.92 Å². The summed E-state index contributed by atoms with van der Waals surface area (Å²) in [6, 6.07) is 0. The van der Waals surface area contributed by atoms with Crippen LogP contribution < -0.4 is 0 Å². The predicted molar refractivity (Wildman–Crippen MR) is 74.6 cm³/mol. The molecule has 0 spiro atoms. The van der Waals surface area contributed by atoms with Crippen LogP contribution in [0.15, 0.2) is 36.2 Å². The molecule has 0 radical (unpaired) electrons. The molecule has 0 aromatic heterocycles. The van der Waals surface area contributed by atoms with E-state index in [1.807, 2.05) is 6.20 Å². The predicted octanol–water partition coefficient (Wildman–Crippen LogP) is 3.92. The fraction of sp³-hybridized carbons (Fsp3) is 0.533. The van der Waals surface area contributed by atoms with Gasteiger partial charge in [0, 0.05) is 12.2 Å². The maximum atomic E-state index is 8.81. The maximum absolute atomic E-state index is 8.81. The van der Waals surface area contributed by atoms with E-state index in [9.17, 15) is 0 Å². The minimum Gasteiger partial charge on any atom is -0.349 e. The van der Waals surface area contributed by atoms with Crippen molar-refractivity contribution in [3.8, 4) is 0 Å². The third-order valence-electron chi connectivity index (χ3n) is 2.62. The first-order valence-corrected chi connectivity index (χ1v) is 6.28. The monoisotopic (exact) mass is 235 g/mol. The third-order valence-corrected chi connectivity index (χ3v) is 2.62. The molecule has 0 aromatic carbocycles. The van der Waals surface area contributed by atoms with E-state index in [0.717, 1.165) is 25.7 Å². The van der Waals surface area contributed by atoms with Gasteiger partial charge in [0.1, 0.15) is 6.29 Å². The third kappa shape index (κ3) is 5.53. The van der Waals surface area contributed by atoms with E-state index < -0.39 is 0 Å². The molecular formula is C15H25NO. The minimum atomic E-state index is 0.687. The molecule has 17 heavy (non-hydrogen) atoms. The van der Waals surface area contributed by atoms with Crippen molar-refractivity contribution in [3.63, 3.8) is 0 Å². The van der Waals surface area contributed by atoms with Gasteiger partial charge in [-0.1, -0.05) is 32.6 Å². The number of carbonyl (C=O) groups is 1. The second kappa shape index (κ2) is 8.80.